The fourth-order valence-corrected chi connectivity index (χ4v) is 0.982. The van der Waals surface area contributed by atoms with E-state index in [1.54, 1.807) is 0 Å². The third-order valence-electron chi connectivity index (χ3n) is 1.76. The molecular formula is C9H13N3O. The Balaban J connectivity index is 2.18. The lowest BCUT2D eigenvalue weighted by Crippen LogP contribution is -2.28. The highest BCUT2D eigenvalue weighted by atomic mass is 16.5. The molecule has 0 aromatic carbocycles. The second-order valence-electron chi connectivity index (χ2n) is 2.68. The summed E-state index contributed by atoms with van der Waals surface area (Å²) in [7, 11) is 0. The van der Waals surface area contributed by atoms with Gasteiger partial charge in [0.1, 0.15) is 0 Å². The van der Waals surface area contributed by atoms with Crippen LogP contribution in [0.25, 0.3) is 0 Å². The maximum atomic E-state index is 5.28. The molecule has 4 heteroatoms. The Kier molecular flexibility index (Phi) is 4.00. The molecule has 4 nitrogen and oxygen atoms in total. The summed E-state index contributed by atoms with van der Waals surface area (Å²) in [5, 5.41) is 6.89. The van der Waals surface area contributed by atoms with Crippen molar-refractivity contribution in [1.29, 1.82) is 0 Å². The maximum absolute atomic E-state index is 5.28. The Morgan fingerprint density at radius 2 is 2.62 bits per heavy atom. The van der Waals surface area contributed by atoms with Crippen molar-refractivity contribution in [2.45, 2.75) is 25.8 Å². The number of terminal acetylenes is 1. The van der Waals surface area contributed by atoms with Gasteiger partial charge in [0.05, 0.1) is 6.04 Å². The zero-order valence-electron chi connectivity index (χ0n) is 7.66. The van der Waals surface area contributed by atoms with E-state index < -0.39 is 0 Å². The van der Waals surface area contributed by atoms with Crippen LogP contribution in [0.2, 0.25) is 0 Å². The van der Waals surface area contributed by atoms with Crippen LogP contribution in [0.3, 0.4) is 0 Å². The van der Waals surface area contributed by atoms with Crippen molar-refractivity contribution in [3.63, 3.8) is 0 Å². The molecule has 0 saturated heterocycles. The monoisotopic (exact) mass is 179 g/mol. The van der Waals surface area contributed by atoms with Gasteiger partial charge in [-0.2, -0.15) is 4.98 Å². The molecule has 1 aromatic rings. The van der Waals surface area contributed by atoms with Crippen LogP contribution in [0.1, 0.15) is 19.2 Å². The smallest absolute Gasteiger partial charge is 0.213 e. The molecule has 1 aromatic heterocycles. The van der Waals surface area contributed by atoms with E-state index in [1.807, 2.05) is 6.92 Å². The molecule has 0 aliphatic heterocycles. The van der Waals surface area contributed by atoms with Crippen LogP contribution in [-0.4, -0.2) is 22.7 Å². The first kappa shape index (κ1) is 9.75. The standard InChI is InChI=1S/C9H13N3O/c1-3-8(4-2)10-6-5-9-11-7-13-12-9/h1,7-8,10H,4-6H2,2H3. The zero-order chi connectivity index (χ0) is 9.52. The minimum absolute atomic E-state index is 0.145. The Bertz CT molecular complexity index is 263. The van der Waals surface area contributed by atoms with Crippen molar-refractivity contribution in [2.24, 2.45) is 0 Å². The van der Waals surface area contributed by atoms with Gasteiger partial charge in [0.25, 0.3) is 0 Å². The average Bonchev–Trinajstić information content (AvgIpc) is 2.65. The van der Waals surface area contributed by atoms with E-state index in [9.17, 15) is 0 Å². The van der Waals surface area contributed by atoms with Gasteiger partial charge in [0, 0.05) is 13.0 Å². The highest BCUT2D eigenvalue weighted by Gasteiger charge is 2.01. The third-order valence-corrected chi connectivity index (χ3v) is 1.76. The van der Waals surface area contributed by atoms with Crippen molar-refractivity contribution in [1.82, 2.24) is 15.5 Å². The lowest BCUT2D eigenvalue weighted by molar-refractivity contribution is 0.408. The fourth-order valence-electron chi connectivity index (χ4n) is 0.982. The molecular weight excluding hydrogens is 166 g/mol. The SMILES string of the molecule is C#CC(CC)NCCc1ncon1. The normalized spacial score (nSPS) is 12.3. The van der Waals surface area contributed by atoms with Crippen molar-refractivity contribution in [3.05, 3.63) is 12.2 Å². The Morgan fingerprint density at radius 1 is 1.77 bits per heavy atom. The van der Waals surface area contributed by atoms with Gasteiger partial charge in [0.2, 0.25) is 6.39 Å². The molecule has 0 fully saturated rings. The van der Waals surface area contributed by atoms with Gasteiger partial charge in [-0.1, -0.05) is 18.0 Å². The number of nitrogens with zero attached hydrogens (tertiary/aromatic N) is 2. The molecule has 1 atom stereocenters. The number of nitrogens with one attached hydrogen (secondary N) is 1. The summed E-state index contributed by atoms with van der Waals surface area (Å²) in [6, 6.07) is 0.145. The van der Waals surface area contributed by atoms with Crippen LogP contribution in [0.4, 0.5) is 0 Å². The van der Waals surface area contributed by atoms with E-state index in [0.29, 0.717) is 5.82 Å². The highest BCUT2D eigenvalue weighted by Crippen LogP contribution is 1.91. The zero-order valence-corrected chi connectivity index (χ0v) is 7.66. The van der Waals surface area contributed by atoms with E-state index in [-0.39, 0.29) is 6.04 Å². The van der Waals surface area contributed by atoms with Crippen LogP contribution >= 0.6 is 0 Å². The first-order chi connectivity index (χ1) is 6.36. The van der Waals surface area contributed by atoms with Crippen LogP contribution in [0.15, 0.2) is 10.9 Å². The largest absolute Gasteiger partial charge is 0.343 e. The average molecular weight is 179 g/mol. The predicted octanol–water partition coefficient (Wildman–Crippen LogP) is 0.613. The third kappa shape index (κ3) is 3.26. The molecule has 70 valence electrons. The van der Waals surface area contributed by atoms with Crippen LogP contribution in [-0.2, 0) is 6.42 Å². The van der Waals surface area contributed by atoms with Crippen molar-refractivity contribution < 1.29 is 4.52 Å². The van der Waals surface area contributed by atoms with Gasteiger partial charge in [-0.25, -0.2) is 0 Å². The van der Waals surface area contributed by atoms with Gasteiger partial charge in [-0.3, -0.25) is 0 Å². The topological polar surface area (TPSA) is 51.0 Å². The van der Waals surface area contributed by atoms with Gasteiger partial charge >= 0.3 is 0 Å². The van der Waals surface area contributed by atoms with Gasteiger partial charge in [0.15, 0.2) is 5.82 Å². The van der Waals surface area contributed by atoms with E-state index in [4.69, 9.17) is 6.42 Å². The molecule has 0 radical (unpaired) electrons. The molecule has 1 rings (SSSR count). The lowest BCUT2D eigenvalue weighted by atomic mass is 10.2. The molecule has 13 heavy (non-hydrogen) atoms. The summed E-state index contributed by atoms with van der Waals surface area (Å²) >= 11 is 0. The van der Waals surface area contributed by atoms with Crippen molar-refractivity contribution in [2.75, 3.05) is 6.54 Å². The lowest BCUT2D eigenvalue weighted by Gasteiger charge is -2.08. The minimum atomic E-state index is 0.145. The van der Waals surface area contributed by atoms with Gasteiger partial charge < -0.3 is 9.84 Å². The molecule has 0 aliphatic carbocycles. The van der Waals surface area contributed by atoms with Crippen LogP contribution in [0.5, 0.6) is 0 Å². The van der Waals surface area contributed by atoms with E-state index in [2.05, 4.69) is 25.9 Å². The number of hydrogen-bond donors (Lipinski definition) is 1. The highest BCUT2D eigenvalue weighted by molar-refractivity contribution is 4.98. The first-order valence-corrected chi connectivity index (χ1v) is 4.31. The van der Waals surface area contributed by atoms with Crippen LogP contribution < -0.4 is 5.32 Å². The first-order valence-electron chi connectivity index (χ1n) is 4.31. The molecule has 0 aliphatic rings. The van der Waals surface area contributed by atoms with Crippen molar-refractivity contribution in [3.8, 4) is 12.3 Å². The van der Waals surface area contributed by atoms with E-state index >= 15 is 0 Å². The van der Waals surface area contributed by atoms with E-state index in [0.717, 1.165) is 19.4 Å². The second kappa shape index (κ2) is 5.33. The second-order valence-corrected chi connectivity index (χ2v) is 2.68. The Hall–Kier alpha value is -1.34. The quantitative estimate of drug-likeness (QED) is 0.673. The molecule has 0 saturated carbocycles. The summed E-state index contributed by atoms with van der Waals surface area (Å²) in [4.78, 5) is 3.90. The maximum Gasteiger partial charge on any atom is 0.213 e. The Labute approximate surface area is 77.7 Å². The van der Waals surface area contributed by atoms with Crippen LogP contribution in [0, 0.1) is 12.3 Å². The Morgan fingerprint density at radius 3 is 3.15 bits per heavy atom. The number of hydrogen-bond acceptors (Lipinski definition) is 4. The summed E-state index contributed by atoms with van der Waals surface area (Å²) in [6.07, 6.45) is 8.29. The van der Waals surface area contributed by atoms with Gasteiger partial charge in [-0.15, -0.1) is 6.42 Å². The minimum Gasteiger partial charge on any atom is -0.343 e. The molecule has 1 N–H and O–H groups in total. The number of rotatable bonds is 5. The summed E-state index contributed by atoms with van der Waals surface area (Å²) in [6.45, 7) is 2.83. The molecule has 0 spiro atoms. The van der Waals surface area contributed by atoms with Gasteiger partial charge in [-0.05, 0) is 6.42 Å². The van der Waals surface area contributed by atoms with E-state index in [1.165, 1.54) is 6.39 Å². The summed E-state index contributed by atoms with van der Waals surface area (Å²) < 4.78 is 4.60. The predicted molar refractivity (Wildman–Crippen MR) is 48.9 cm³/mol. The van der Waals surface area contributed by atoms with Crippen molar-refractivity contribution >= 4 is 0 Å². The fraction of sp³-hybridized carbons (Fsp3) is 0.556. The molecule has 1 heterocycles. The molecule has 0 amide bonds. The number of aromatic nitrogens is 2. The summed E-state index contributed by atoms with van der Waals surface area (Å²) in [5.74, 6) is 3.36. The molecule has 0 bridgehead atoms. The summed E-state index contributed by atoms with van der Waals surface area (Å²) in [5.41, 5.74) is 0. The molecule has 1 unspecified atom stereocenters.